The summed E-state index contributed by atoms with van der Waals surface area (Å²) in [6, 6.07) is 10.6. The summed E-state index contributed by atoms with van der Waals surface area (Å²) in [4.78, 5) is 21.6. The number of anilines is 1. The Morgan fingerprint density at radius 3 is 2.39 bits per heavy atom. The molecule has 0 radical (unpaired) electrons. The maximum absolute atomic E-state index is 13.2. The summed E-state index contributed by atoms with van der Waals surface area (Å²) in [6.07, 6.45) is 0. The Labute approximate surface area is 173 Å². The Balaban J connectivity index is 2.02. The molecule has 8 heteroatoms. The van der Waals surface area contributed by atoms with Crippen molar-refractivity contribution in [2.24, 2.45) is 0 Å². The second-order valence-corrected chi connectivity index (χ2v) is 7.80. The number of methoxy groups -OCH3 is 2. The molecule has 0 unspecified atom stereocenters. The van der Waals surface area contributed by atoms with Crippen LogP contribution in [0.5, 0.6) is 11.5 Å². The number of aromatic nitrogens is 1. The first kappa shape index (κ1) is 20.4. The monoisotopic (exact) mass is 419 g/mol. The highest BCUT2D eigenvalue weighted by Gasteiger charge is 2.23. The van der Waals surface area contributed by atoms with Crippen LogP contribution in [-0.4, -0.2) is 57.2 Å². The minimum atomic E-state index is -0.126. The van der Waals surface area contributed by atoms with E-state index in [1.807, 2.05) is 19.0 Å². The van der Waals surface area contributed by atoms with Crippen molar-refractivity contribution in [1.29, 1.82) is 0 Å². The van der Waals surface area contributed by atoms with Gasteiger partial charge in [0.2, 0.25) is 0 Å². The lowest BCUT2D eigenvalue weighted by molar-refractivity contribution is 0.0985. The smallest absolute Gasteiger partial charge is 0.260 e. The molecule has 1 aromatic heterocycles. The van der Waals surface area contributed by atoms with Gasteiger partial charge >= 0.3 is 0 Å². The van der Waals surface area contributed by atoms with Crippen LogP contribution in [0.3, 0.4) is 0 Å². The summed E-state index contributed by atoms with van der Waals surface area (Å²) >= 11 is 7.73. The van der Waals surface area contributed by atoms with Gasteiger partial charge in [0.1, 0.15) is 17.0 Å². The Bertz CT molecular complexity index is 973. The van der Waals surface area contributed by atoms with Crippen molar-refractivity contribution in [3.63, 3.8) is 0 Å². The first-order valence-corrected chi connectivity index (χ1v) is 9.87. The molecule has 148 valence electrons. The van der Waals surface area contributed by atoms with Crippen LogP contribution in [0.25, 0.3) is 10.2 Å². The van der Waals surface area contributed by atoms with E-state index in [0.717, 1.165) is 4.70 Å². The van der Waals surface area contributed by atoms with Gasteiger partial charge in [-0.15, -0.1) is 0 Å². The largest absolute Gasteiger partial charge is 0.497 e. The number of nitrogens with zero attached hydrogens (tertiary/aromatic N) is 3. The summed E-state index contributed by atoms with van der Waals surface area (Å²) in [5.41, 5.74) is 1.23. The second-order valence-electron chi connectivity index (χ2n) is 6.41. The molecule has 3 aromatic rings. The number of halogens is 1. The van der Waals surface area contributed by atoms with E-state index >= 15 is 0 Å². The van der Waals surface area contributed by atoms with Crippen molar-refractivity contribution in [2.45, 2.75) is 0 Å². The Morgan fingerprint density at radius 1 is 1.07 bits per heavy atom. The standard InChI is InChI=1S/C20H22ClN3O3S/c1-23(2)11-12-24(19(25)13-5-7-14(26-3)8-6-13)20-22-17-16(27-4)10-9-15(21)18(17)28-20/h5-10H,11-12H2,1-4H3. The van der Waals surface area contributed by atoms with Gasteiger partial charge in [0, 0.05) is 18.7 Å². The van der Waals surface area contributed by atoms with Crippen molar-refractivity contribution in [2.75, 3.05) is 46.3 Å². The fraction of sp³-hybridized carbons (Fsp3) is 0.300. The van der Waals surface area contributed by atoms with Crippen LogP contribution in [0.2, 0.25) is 5.02 Å². The average Bonchev–Trinajstić information content (AvgIpc) is 3.14. The number of ether oxygens (including phenoxy) is 2. The zero-order chi connectivity index (χ0) is 20.3. The first-order chi connectivity index (χ1) is 13.4. The molecule has 28 heavy (non-hydrogen) atoms. The summed E-state index contributed by atoms with van der Waals surface area (Å²) in [7, 11) is 7.12. The molecule has 0 atom stereocenters. The van der Waals surface area contributed by atoms with Crippen molar-refractivity contribution in [3.8, 4) is 11.5 Å². The predicted octanol–water partition coefficient (Wildman–Crippen LogP) is 4.18. The number of hydrogen-bond donors (Lipinski definition) is 0. The molecule has 0 bridgehead atoms. The van der Waals surface area contributed by atoms with Gasteiger partial charge in [0.05, 0.1) is 23.9 Å². The van der Waals surface area contributed by atoms with Crippen LogP contribution in [0.15, 0.2) is 36.4 Å². The number of thiazole rings is 1. The van der Waals surface area contributed by atoms with Gasteiger partial charge in [0.25, 0.3) is 5.91 Å². The highest BCUT2D eigenvalue weighted by Crippen LogP contribution is 2.39. The van der Waals surface area contributed by atoms with E-state index in [0.29, 0.717) is 45.8 Å². The zero-order valence-electron chi connectivity index (χ0n) is 16.2. The zero-order valence-corrected chi connectivity index (χ0v) is 17.8. The van der Waals surface area contributed by atoms with Crippen molar-refractivity contribution in [3.05, 3.63) is 47.0 Å². The lowest BCUT2D eigenvalue weighted by atomic mass is 10.2. The van der Waals surface area contributed by atoms with Crippen LogP contribution in [-0.2, 0) is 0 Å². The summed E-state index contributed by atoms with van der Waals surface area (Å²) in [5.74, 6) is 1.21. The molecule has 0 N–H and O–H groups in total. The molecule has 0 spiro atoms. The van der Waals surface area contributed by atoms with Crippen LogP contribution in [0.4, 0.5) is 5.13 Å². The molecule has 0 aliphatic heterocycles. The van der Waals surface area contributed by atoms with Gasteiger partial charge in [-0.25, -0.2) is 4.98 Å². The van der Waals surface area contributed by atoms with Crippen LogP contribution < -0.4 is 14.4 Å². The van der Waals surface area contributed by atoms with Crippen LogP contribution >= 0.6 is 22.9 Å². The van der Waals surface area contributed by atoms with E-state index in [4.69, 9.17) is 21.1 Å². The van der Waals surface area contributed by atoms with Crippen LogP contribution in [0.1, 0.15) is 10.4 Å². The Kier molecular flexibility index (Phi) is 6.39. The highest BCUT2D eigenvalue weighted by molar-refractivity contribution is 7.23. The molecular weight excluding hydrogens is 398 g/mol. The summed E-state index contributed by atoms with van der Waals surface area (Å²) in [5, 5.41) is 1.17. The van der Waals surface area contributed by atoms with Crippen molar-refractivity contribution in [1.82, 2.24) is 9.88 Å². The molecule has 0 saturated carbocycles. The molecule has 0 aliphatic carbocycles. The van der Waals surface area contributed by atoms with Crippen molar-refractivity contribution < 1.29 is 14.3 Å². The van der Waals surface area contributed by atoms with Crippen molar-refractivity contribution >= 4 is 44.2 Å². The lowest BCUT2D eigenvalue weighted by Gasteiger charge is -2.22. The van der Waals surface area contributed by atoms with Gasteiger partial charge in [-0.05, 0) is 50.5 Å². The predicted molar refractivity (Wildman–Crippen MR) is 114 cm³/mol. The van der Waals surface area contributed by atoms with Gasteiger partial charge in [-0.1, -0.05) is 22.9 Å². The number of amides is 1. The normalized spacial score (nSPS) is 11.1. The van der Waals surface area contributed by atoms with E-state index in [9.17, 15) is 4.79 Å². The quantitative estimate of drug-likeness (QED) is 0.575. The second kappa shape index (κ2) is 8.77. The van der Waals surface area contributed by atoms with Gasteiger partial charge < -0.3 is 14.4 Å². The minimum absolute atomic E-state index is 0.126. The fourth-order valence-electron chi connectivity index (χ4n) is 2.69. The van der Waals surface area contributed by atoms with E-state index in [2.05, 4.69) is 4.98 Å². The molecule has 1 amide bonds. The van der Waals surface area contributed by atoms with E-state index in [1.54, 1.807) is 55.5 Å². The Hall–Kier alpha value is -2.35. The van der Waals surface area contributed by atoms with Crippen LogP contribution in [0, 0.1) is 0 Å². The van der Waals surface area contributed by atoms with Gasteiger partial charge in [0.15, 0.2) is 5.13 Å². The number of benzene rings is 2. The third-order valence-corrected chi connectivity index (χ3v) is 5.79. The number of carbonyl (C=O) groups is 1. The lowest BCUT2D eigenvalue weighted by Crippen LogP contribution is -2.36. The number of carbonyl (C=O) groups excluding carboxylic acids is 1. The molecule has 1 heterocycles. The van der Waals surface area contributed by atoms with E-state index in [-0.39, 0.29) is 5.91 Å². The molecule has 2 aromatic carbocycles. The van der Waals surface area contributed by atoms with Gasteiger partial charge in [-0.2, -0.15) is 0 Å². The topological polar surface area (TPSA) is 54.9 Å². The first-order valence-electron chi connectivity index (χ1n) is 8.68. The molecule has 6 nitrogen and oxygen atoms in total. The highest BCUT2D eigenvalue weighted by atomic mass is 35.5. The number of hydrogen-bond acceptors (Lipinski definition) is 6. The number of fused-ring (bicyclic) bond motifs is 1. The molecule has 3 rings (SSSR count). The number of likely N-dealkylation sites (N-methyl/N-ethyl adjacent to an activating group) is 1. The maximum atomic E-state index is 13.2. The molecule has 0 aliphatic rings. The summed E-state index contributed by atoms with van der Waals surface area (Å²) in [6.45, 7) is 1.19. The molecule has 0 saturated heterocycles. The average molecular weight is 420 g/mol. The molecular formula is C20H22ClN3O3S. The maximum Gasteiger partial charge on any atom is 0.260 e. The Morgan fingerprint density at radius 2 is 1.79 bits per heavy atom. The summed E-state index contributed by atoms with van der Waals surface area (Å²) < 4.78 is 11.4. The molecule has 0 fully saturated rings. The number of rotatable bonds is 7. The minimum Gasteiger partial charge on any atom is -0.497 e. The van der Waals surface area contributed by atoms with Gasteiger partial charge in [-0.3, -0.25) is 9.69 Å². The SMILES string of the molecule is COc1ccc(C(=O)N(CCN(C)C)c2nc3c(OC)ccc(Cl)c3s2)cc1. The third-order valence-electron chi connectivity index (χ3n) is 4.25. The van der Waals surface area contributed by atoms with E-state index in [1.165, 1.54) is 11.3 Å². The van der Waals surface area contributed by atoms with E-state index < -0.39 is 0 Å². The fourth-order valence-corrected chi connectivity index (χ4v) is 3.98. The third kappa shape index (κ3) is 4.22.